The Balaban J connectivity index is 1.21. The maximum atomic E-state index is 13.0. The number of carboxylic acid groups (broad SMARTS) is 1. The minimum Gasteiger partial charge on any atom is -0.481 e. The largest absolute Gasteiger partial charge is 0.481 e. The van der Waals surface area contributed by atoms with Gasteiger partial charge in [-0.25, -0.2) is 4.79 Å². The van der Waals surface area contributed by atoms with Crippen LogP contribution in [0.2, 0.25) is 0 Å². The van der Waals surface area contributed by atoms with Gasteiger partial charge >= 0.3 is 12.1 Å². The summed E-state index contributed by atoms with van der Waals surface area (Å²) in [6.45, 7) is 0.182. The van der Waals surface area contributed by atoms with Crippen LogP contribution in [0.5, 0.6) is 0 Å². The zero-order valence-corrected chi connectivity index (χ0v) is 19.1. The predicted molar refractivity (Wildman–Crippen MR) is 126 cm³/mol. The fourth-order valence-electron chi connectivity index (χ4n) is 5.55. The highest BCUT2D eigenvalue weighted by Crippen LogP contribution is 2.44. The van der Waals surface area contributed by atoms with Crippen molar-refractivity contribution in [2.45, 2.75) is 62.4 Å². The average molecular weight is 463 g/mol. The molecule has 2 saturated carbocycles. The van der Waals surface area contributed by atoms with Gasteiger partial charge in [-0.05, 0) is 53.9 Å². The Kier molecular flexibility index (Phi) is 6.02. The van der Waals surface area contributed by atoms with Crippen molar-refractivity contribution < 1.29 is 24.2 Å². The monoisotopic (exact) mass is 462 g/mol. The number of alkyl carbamates (subject to hydrolysis) is 1. The van der Waals surface area contributed by atoms with Crippen molar-refractivity contribution in [2.24, 2.45) is 5.92 Å². The average Bonchev–Trinajstić information content (AvgIpc) is 3.27. The van der Waals surface area contributed by atoms with Crippen molar-refractivity contribution in [1.82, 2.24) is 10.6 Å². The molecule has 0 bridgehead atoms. The molecule has 0 spiro atoms. The molecule has 0 aliphatic heterocycles. The fourth-order valence-corrected chi connectivity index (χ4v) is 5.55. The SMILES string of the molecule is O=C(O)CC(NC(=O)C1(NC(=O)OCC2c3ccccc3-c3ccccc32)CC1)C1CCCC1. The highest BCUT2D eigenvalue weighted by atomic mass is 16.5. The first-order valence-corrected chi connectivity index (χ1v) is 12.1. The normalized spacial score (nSPS) is 19.1. The van der Waals surface area contributed by atoms with Crippen LogP contribution in [-0.2, 0) is 14.3 Å². The Morgan fingerprint density at radius 1 is 0.971 bits per heavy atom. The molecule has 5 rings (SSSR count). The minimum atomic E-state index is -1.00. The lowest BCUT2D eigenvalue weighted by Gasteiger charge is -2.26. The minimum absolute atomic E-state index is 0.0514. The number of ether oxygens (including phenoxy) is 1. The van der Waals surface area contributed by atoms with E-state index in [0.29, 0.717) is 12.8 Å². The summed E-state index contributed by atoms with van der Waals surface area (Å²) in [5.41, 5.74) is 3.56. The highest BCUT2D eigenvalue weighted by molar-refractivity contribution is 5.93. The number of hydrogen-bond acceptors (Lipinski definition) is 4. The number of carboxylic acids is 1. The molecule has 3 N–H and O–H groups in total. The lowest BCUT2D eigenvalue weighted by molar-refractivity contribution is -0.138. The Bertz CT molecular complexity index is 1060. The van der Waals surface area contributed by atoms with Crippen LogP contribution in [0.4, 0.5) is 4.79 Å². The molecule has 1 unspecified atom stereocenters. The van der Waals surface area contributed by atoms with E-state index in [4.69, 9.17) is 4.74 Å². The maximum absolute atomic E-state index is 13.0. The zero-order valence-electron chi connectivity index (χ0n) is 19.1. The van der Waals surface area contributed by atoms with Crippen molar-refractivity contribution in [1.29, 1.82) is 0 Å². The molecule has 2 fully saturated rings. The van der Waals surface area contributed by atoms with Gasteiger partial charge in [0.15, 0.2) is 0 Å². The van der Waals surface area contributed by atoms with Crippen molar-refractivity contribution in [3.05, 3.63) is 59.7 Å². The van der Waals surface area contributed by atoms with Gasteiger partial charge in [0, 0.05) is 12.0 Å². The third-order valence-electron chi connectivity index (χ3n) is 7.55. The van der Waals surface area contributed by atoms with Crippen LogP contribution < -0.4 is 10.6 Å². The molecule has 34 heavy (non-hydrogen) atoms. The second-order valence-electron chi connectivity index (χ2n) is 9.76. The molecule has 0 radical (unpaired) electrons. The van der Waals surface area contributed by atoms with Crippen molar-refractivity contribution >= 4 is 18.0 Å². The molecule has 3 aliphatic rings. The predicted octanol–water partition coefficient (Wildman–Crippen LogP) is 4.21. The number of benzene rings is 2. The molecule has 178 valence electrons. The summed E-state index contributed by atoms with van der Waals surface area (Å²) in [6, 6.07) is 15.8. The smallest absolute Gasteiger partial charge is 0.408 e. The van der Waals surface area contributed by atoms with Gasteiger partial charge in [-0.2, -0.15) is 0 Å². The summed E-state index contributed by atoms with van der Waals surface area (Å²) >= 11 is 0. The maximum Gasteiger partial charge on any atom is 0.408 e. The van der Waals surface area contributed by atoms with Crippen molar-refractivity contribution in [3.8, 4) is 11.1 Å². The number of aliphatic carboxylic acids is 1. The number of amides is 2. The quantitative estimate of drug-likeness (QED) is 0.545. The van der Waals surface area contributed by atoms with E-state index in [0.717, 1.165) is 47.9 Å². The summed E-state index contributed by atoms with van der Waals surface area (Å²) < 4.78 is 5.61. The summed E-state index contributed by atoms with van der Waals surface area (Å²) in [5, 5.41) is 15.0. The summed E-state index contributed by atoms with van der Waals surface area (Å²) in [4.78, 5) is 37.1. The van der Waals surface area contributed by atoms with Gasteiger partial charge in [0.2, 0.25) is 5.91 Å². The molecule has 2 amide bonds. The molecular weight excluding hydrogens is 432 g/mol. The van der Waals surface area contributed by atoms with E-state index in [9.17, 15) is 19.5 Å². The first kappa shape index (κ1) is 22.4. The summed E-state index contributed by atoms with van der Waals surface area (Å²) in [5.74, 6) is -1.11. The number of carbonyl (C=O) groups excluding carboxylic acids is 2. The third-order valence-corrected chi connectivity index (χ3v) is 7.55. The summed E-state index contributed by atoms with van der Waals surface area (Å²) in [6.07, 6.45) is 4.28. The van der Waals surface area contributed by atoms with Crippen LogP contribution in [0.1, 0.15) is 62.0 Å². The van der Waals surface area contributed by atoms with E-state index >= 15 is 0 Å². The molecule has 2 aromatic rings. The van der Waals surface area contributed by atoms with Crippen molar-refractivity contribution in [2.75, 3.05) is 6.61 Å². The zero-order chi connectivity index (χ0) is 23.7. The Morgan fingerprint density at radius 2 is 1.56 bits per heavy atom. The van der Waals surface area contributed by atoms with Crippen LogP contribution in [0.3, 0.4) is 0 Å². The Morgan fingerprint density at radius 3 is 2.12 bits per heavy atom. The first-order valence-electron chi connectivity index (χ1n) is 12.1. The van der Waals surface area contributed by atoms with Gasteiger partial charge in [0.05, 0.1) is 6.42 Å². The third kappa shape index (κ3) is 4.39. The second-order valence-corrected chi connectivity index (χ2v) is 9.76. The molecular formula is C27H30N2O5. The van der Waals surface area contributed by atoms with E-state index < -0.39 is 23.6 Å². The van der Waals surface area contributed by atoms with Crippen LogP contribution in [0.15, 0.2) is 48.5 Å². The lowest BCUT2D eigenvalue weighted by atomic mass is 9.95. The van der Waals surface area contributed by atoms with Crippen LogP contribution >= 0.6 is 0 Å². The van der Waals surface area contributed by atoms with Gasteiger partial charge in [-0.1, -0.05) is 61.4 Å². The Labute approximate surface area is 198 Å². The molecule has 0 aromatic heterocycles. The molecule has 7 heteroatoms. The number of rotatable bonds is 8. The molecule has 0 saturated heterocycles. The molecule has 7 nitrogen and oxygen atoms in total. The topological polar surface area (TPSA) is 105 Å². The van der Waals surface area contributed by atoms with Crippen LogP contribution in [-0.4, -0.2) is 41.3 Å². The number of hydrogen-bond donors (Lipinski definition) is 3. The van der Waals surface area contributed by atoms with E-state index in [1.54, 1.807) is 0 Å². The Hall–Kier alpha value is -3.35. The van der Waals surface area contributed by atoms with E-state index in [1.807, 2.05) is 24.3 Å². The molecule has 1 atom stereocenters. The number of fused-ring (bicyclic) bond motifs is 3. The van der Waals surface area contributed by atoms with E-state index in [-0.39, 0.29) is 30.8 Å². The summed E-state index contributed by atoms with van der Waals surface area (Å²) in [7, 11) is 0. The standard InChI is InChI=1S/C27H30N2O5/c30-24(31)15-23(17-7-1-2-8-17)28-25(32)27(13-14-27)29-26(33)34-16-22-20-11-5-3-9-18(20)19-10-4-6-12-21(19)22/h3-6,9-12,17,22-23H,1-2,7-8,13-16H2,(H,28,32)(H,29,33)(H,30,31). The van der Waals surface area contributed by atoms with Gasteiger partial charge < -0.3 is 20.5 Å². The van der Waals surface area contributed by atoms with Crippen molar-refractivity contribution in [3.63, 3.8) is 0 Å². The van der Waals surface area contributed by atoms with Gasteiger partial charge in [-0.3, -0.25) is 9.59 Å². The highest BCUT2D eigenvalue weighted by Gasteiger charge is 2.52. The van der Waals surface area contributed by atoms with Gasteiger partial charge in [-0.15, -0.1) is 0 Å². The fraction of sp³-hybridized carbons (Fsp3) is 0.444. The lowest BCUT2D eigenvalue weighted by Crippen LogP contribution is -2.53. The molecule has 2 aromatic carbocycles. The van der Waals surface area contributed by atoms with Gasteiger partial charge in [0.25, 0.3) is 0 Å². The molecule has 3 aliphatic carbocycles. The van der Waals surface area contributed by atoms with E-state index in [2.05, 4.69) is 34.9 Å². The second kappa shape index (κ2) is 9.12. The van der Waals surface area contributed by atoms with E-state index in [1.165, 1.54) is 0 Å². The number of nitrogens with one attached hydrogen (secondary N) is 2. The van der Waals surface area contributed by atoms with Gasteiger partial charge in [0.1, 0.15) is 12.1 Å². The number of carbonyl (C=O) groups is 3. The first-order chi connectivity index (χ1) is 16.5. The van der Waals surface area contributed by atoms with Crippen LogP contribution in [0, 0.1) is 5.92 Å². The molecule has 0 heterocycles. The van der Waals surface area contributed by atoms with Crippen LogP contribution in [0.25, 0.3) is 11.1 Å².